The second kappa shape index (κ2) is 9.70. The van der Waals surface area contributed by atoms with Crippen LogP contribution in [0.4, 0.5) is 0 Å². The van der Waals surface area contributed by atoms with Gasteiger partial charge in [-0.25, -0.2) is 0 Å². The van der Waals surface area contributed by atoms with Crippen LogP contribution in [0.25, 0.3) is 0 Å². The summed E-state index contributed by atoms with van der Waals surface area (Å²) >= 11 is 4.11. The van der Waals surface area contributed by atoms with Crippen LogP contribution in [0.2, 0.25) is 12.1 Å². The maximum atomic E-state index is 4.11. The van der Waals surface area contributed by atoms with Crippen LogP contribution >= 0.6 is 41.6 Å². The van der Waals surface area contributed by atoms with Gasteiger partial charge in [0, 0.05) is 0 Å². The summed E-state index contributed by atoms with van der Waals surface area (Å²) in [5.74, 6) is 0. The van der Waals surface area contributed by atoms with Crippen molar-refractivity contribution in [2.45, 2.75) is 38.8 Å². The molecule has 1 radical (unpaired) electrons. The van der Waals surface area contributed by atoms with Crippen LogP contribution in [-0.2, 0) is 0 Å². The summed E-state index contributed by atoms with van der Waals surface area (Å²) < 4.78 is 0. The van der Waals surface area contributed by atoms with Crippen molar-refractivity contribution in [2.24, 2.45) is 0 Å². The molecule has 0 nitrogen and oxygen atoms in total. The molecule has 0 aromatic heterocycles. The highest BCUT2D eigenvalue weighted by Crippen LogP contribution is 2.40. The molecule has 0 heterocycles. The van der Waals surface area contributed by atoms with E-state index in [0.29, 0.717) is 0 Å². The Kier molecular flexibility index (Phi) is 11.1. The van der Waals surface area contributed by atoms with Crippen LogP contribution in [0, 0.1) is 0 Å². The van der Waals surface area contributed by atoms with Crippen molar-refractivity contribution in [1.29, 1.82) is 0 Å². The number of thiol groups is 1. The molecule has 0 atom stereocenters. The number of rotatable bonds is 7. The first-order valence-electron chi connectivity index (χ1n) is 3.84. The van der Waals surface area contributed by atoms with E-state index in [2.05, 4.69) is 35.8 Å². The first-order chi connectivity index (χ1) is 5.35. The molecule has 0 unspecified atom stereocenters. The van der Waals surface area contributed by atoms with Gasteiger partial charge in [-0.2, -0.15) is 0 Å². The van der Waals surface area contributed by atoms with Crippen molar-refractivity contribution in [3.63, 3.8) is 0 Å². The summed E-state index contributed by atoms with van der Waals surface area (Å²) in [7, 11) is 5.40. The molecule has 0 rings (SSSR count). The minimum atomic E-state index is -0.0992. The Bertz CT molecular complexity index is 75.0. The maximum Gasteiger partial charge on any atom is 0.137 e. The summed E-state index contributed by atoms with van der Waals surface area (Å²) in [6, 6.07) is 2.90. The third-order valence-electron chi connectivity index (χ3n) is 1.24. The second-order valence-corrected chi connectivity index (χ2v) is 11.9. The van der Waals surface area contributed by atoms with E-state index in [1.165, 1.54) is 24.9 Å². The normalized spacial score (nSPS) is 10.9. The van der Waals surface area contributed by atoms with Crippen LogP contribution in [0.1, 0.15) is 26.7 Å². The first kappa shape index (κ1) is 12.6. The smallest absolute Gasteiger partial charge is 0.111 e. The van der Waals surface area contributed by atoms with E-state index in [1.54, 1.807) is 9.83 Å². The fourth-order valence-corrected chi connectivity index (χ4v) is 13.1. The van der Waals surface area contributed by atoms with Gasteiger partial charge < -0.3 is 0 Å². The molecular formula is C6H15S4Si. The zero-order chi connectivity index (χ0) is 8.53. The predicted octanol–water partition coefficient (Wildman–Crippen LogP) is 4.67. The quantitative estimate of drug-likeness (QED) is 0.392. The van der Waals surface area contributed by atoms with Gasteiger partial charge in [-0.05, 0) is 31.7 Å². The van der Waals surface area contributed by atoms with Gasteiger partial charge in [0.25, 0.3) is 0 Å². The van der Waals surface area contributed by atoms with Crippen molar-refractivity contribution in [1.82, 2.24) is 0 Å². The zero-order valence-corrected chi connectivity index (χ0v) is 11.3. The average molecular weight is 244 g/mol. The van der Waals surface area contributed by atoms with Gasteiger partial charge in [0.2, 0.25) is 0 Å². The van der Waals surface area contributed by atoms with Gasteiger partial charge in [-0.3, -0.25) is 0 Å². The molecule has 0 saturated carbocycles. The lowest BCUT2D eigenvalue weighted by atomic mass is 10.6. The van der Waals surface area contributed by atoms with Gasteiger partial charge in [-0.1, -0.05) is 38.3 Å². The third kappa shape index (κ3) is 7.96. The standard InChI is InChI=1S/C6H15S4Si/c1-3-5-11(6-4-2)10-9-8-7/h7H,3-6H2,1-2H3. The molecule has 0 aliphatic rings. The molecule has 0 aliphatic carbocycles. The van der Waals surface area contributed by atoms with Crippen LogP contribution in [-0.4, -0.2) is 7.95 Å². The molecule has 0 amide bonds. The van der Waals surface area contributed by atoms with Gasteiger partial charge in [0.1, 0.15) is 7.95 Å². The molecule has 11 heavy (non-hydrogen) atoms. The fourth-order valence-electron chi connectivity index (χ4n) is 0.829. The van der Waals surface area contributed by atoms with Crippen molar-refractivity contribution in [3.05, 3.63) is 0 Å². The highest BCUT2D eigenvalue weighted by atomic mass is 33.7. The molecule has 67 valence electrons. The van der Waals surface area contributed by atoms with E-state index in [1.807, 2.05) is 9.83 Å². The largest absolute Gasteiger partial charge is 0.137 e. The Labute approximate surface area is 87.9 Å². The lowest BCUT2D eigenvalue weighted by molar-refractivity contribution is 1.02. The minimum absolute atomic E-state index is 0.0992. The van der Waals surface area contributed by atoms with E-state index in [-0.39, 0.29) is 7.95 Å². The summed E-state index contributed by atoms with van der Waals surface area (Å²) in [4.78, 5) is 0. The molecule has 0 aliphatic heterocycles. The molecule has 0 fully saturated rings. The highest BCUT2D eigenvalue weighted by Gasteiger charge is 2.09. The maximum absolute atomic E-state index is 4.11. The molecule has 0 aromatic rings. The van der Waals surface area contributed by atoms with Crippen molar-refractivity contribution >= 4 is 49.5 Å². The van der Waals surface area contributed by atoms with Gasteiger partial charge in [0.05, 0.1) is 0 Å². The summed E-state index contributed by atoms with van der Waals surface area (Å²) in [5, 5.41) is 0. The molecular weight excluding hydrogens is 228 g/mol. The van der Waals surface area contributed by atoms with Crippen molar-refractivity contribution in [3.8, 4) is 0 Å². The van der Waals surface area contributed by atoms with Crippen LogP contribution < -0.4 is 0 Å². The Morgan fingerprint density at radius 2 is 1.73 bits per heavy atom. The average Bonchev–Trinajstić information content (AvgIpc) is 2.01. The molecule has 0 saturated heterocycles. The lowest BCUT2D eigenvalue weighted by Crippen LogP contribution is -2.03. The van der Waals surface area contributed by atoms with Crippen LogP contribution in [0.3, 0.4) is 0 Å². The summed E-state index contributed by atoms with van der Waals surface area (Å²) in [6.07, 6.45) is 2.69. The molecule has 5 heteroatoms. The number of hydrogen-bond donors (Lipinski definition) is 1. The SMILES string of the molecule is CCC[Si](CCC)SSSS. The summed E-state index contributed by atoms with van der Waals surface area (Å²) in [5.41, 5.74) is 0. The fraction of sp³-hybridized carbons (Fsp3) is 1.00. The Morgan fingerprint density at radius 1 is 1.18 bits per heavy atom. The zero-order valence-electron chi connectivity index (χ0n) is 7.00. The monoisotopic (exact) mass is 243 g/mol. The Balaban J connectivity index is 3.34. The van der Waals surface area contributed by atoms with E-state index in [9.17, 15) is 0 Å². The highest BCUT2D eigenvalue weighted by molar-refractivity contribution is 9.26. The van der Waals surface area contributed by atoms with Crippen LogP contribution in [0.5, 0.6) is 0 Å². The predicted molar refractivity (Wildman–Crippen MR) is 67.7 cm³/mol. The molecule has 0 N–H and O–H groups in total. The Morgan fingerprint density at radius 3 is 2.09 bits per heavy atom. The van der Waals surface area contributed by atoms with Crippen molar-refractivity contribution < 1.29 is 0 Å². The van der Waals surface area contributed by atoms with E-state index in [0.717, 1.165) is 0 Å². The van der Waals surface area contributed by atoms with Gasteiger partial charge >= 0.3 is 0 Å². The van der Waals surface area contributed by atoms with Crippen LogP contribution in [0.15, 0.2) is 0 Å². The van der Waals surface area contributed by atoms with Gasteiger partial charge in [-0.15, -0.1) is 10.2 Å². The Hall–Kier alpha value is 1.62. The minimum Gasteiger partial charge on any atom is -0.111 e. The molecule has 0 aromatic carbocycles. The molecule has 0 bridgehead atoms. The van der Waals surface area contributed by atoms with E-state index in [4.69, 9.17) is 0 Å². The summed E-state index contributed by atoms with van der Waals surface area (Å²) in [6.45, 7) is 4.55. The topological polar surface area (TPSA) is 0 Å². The van der Waals surface area contributed by atoms with Crippen molar-refractivity contribution in [2.75, 3.05) is 0 Å². The van der Waals surface area contributed by atoms with E-state index >= 15 is 0 Å². The number of hydrogen-bond acceptors (Lipinski definition) is 4. The lowest BCUT2D eigenvalue weighted by Gasteiger charge is -2.09. The second-order valence-electron chi connectivity index (χ2n) is 2.26. The molecule has 0 spiro atoms. The van der Waals surface area contributed by atoms with Gasteiger partial charge in [0.15, 0.2) is 0 Å². The van der Waals surface area contributed by atoms with E-state index < -0.39 is 0 Å². The first-order valence-corrected chi connectivity index (χ1v) is 11.0. The third-order valence-corrected chi connectivity index (χ3v) is 12.8.